The second-order valence-corrected chi connectivity index (χ2v) is 10.6. The van der Waals surface area contributed by atoms with Gasteiger partial charge in [0, 0.05) is 36.1 Å². The predicted octanol–water partition coefficient (Wildman–Crippen LogP) is 8.02. The van der Waals surface area contributed by atoms with Gasteiger partial charge in [0.05, 0.1) is 13.8 Å². The van der Waals surface area contributed by atoms with Crippen molar-refractivity contribution in [2.75, 3.05) is 0 Å². The van der Waals surface area contributed by atoms with E-state index in [1.807, 2.05) is 0 Å². The fourth-order valence-electron chi connectivity index (χ4n) is 5.35. The maximum Gasteiger partial charge on any atom is 0.356 e. The van der Waals surface area contributed by atoms with Crippen LogP contribution in [0.3, 0.4) is 0 Å². The lowest BCUT2D eigenvalue weighted by atomic mass is 9.91. The maximum atomic E-state index is 2.61. The Labute approximate surface area is 190 Å². The van der Waals surface area contributed by atoms with E-state index in [1.54, 1.807) is 0 Å². The van der Waals surface area contributed by atoms with Gasteiger partial charge in [0.2, 0.25) is 11.4 Å². The van der Waals surface area contributed by atoms with Crippen molar-refractivity contribution in [2.24, 2.45) is 0 Å². The highest BCUT2D eigenvalue weighted by molar-refractivity contribution is 6.37. The average Bonchev–Trinajstić information content (AvgIpc) is 2.85. The maximum absolute atomic E-state index is 2.61. The molecule has 166 valence electrons. The zero-order chi connectivity index (χ0) is 23.2. The van der Waals surface area contributed by atoms with Crippen molar-refractivity contribution in [3.63, 3.8) is 0 Å². The van der Waals surface area contributed by atoms with Crippen LogP contribution in [0.4, 0.5) is 11.4 Å². The van der Waals surface area contributed by atoms with E-state index in [9.17, 15) is 0 Å². The highest BCUT2D eigenvalue weighted by Gasteiger charge is 2.55. The minimum atomic E-state index is -0.210. The van der Waals surface area contributed by atoms with Crippen molar-refractivity contribution >= 4 is 22.8 Å². The van der Waals surface area contributed by atoms with Gasteiger partial charge in [-0.15, -0.1) is 9.15 Å². The molecule has 2 aromatic rings. The molecule has 0 aromatic heterocycles. The van der Waals surface area contributed by atoms with E-state index in [0.29, 0.717) is 17.8 Å². The lowest BCUT2D eigenvalue weighted by molar-refractivity contribution is -0.741. The van der Waals surface area contributed by atoms with Crippen LogP contribution >= 0.6 is 0 Å². The number of rotatable bonds is 5. The monoisotopic (exact) mass is 418 g/mol. The molecule has 1 aliphatic heterocycles. The van der Waals surface area contributed by atoms with Gasteiger partial charge < -0.3 is 0 Å². The summed E-state index contributed by atoms with van der Waals surface area (Å²) < 4.78 is 5.21. The molecule has 3 rings (SSSR count). The molecular formula is C29H42N2+2. The zero-order valence-electron chi connectivity index (χ0n) is 21.6. The molecule has 0 atom stereocenters. The van der Waals surface area contributed by atoms with Crippen LogP contribution in [0.1, 0.15) is 109 Å². The summed E-state index contributed by atoms with van der Waals surface area (Å²) in [6, 6.07) is 13.6. The minimum Gasteiger partial charge on any atom is -0.126 e. The smallest absolute Gasteiger partial charge is 0.126 e. The first-order valence-corrected chi connectivity index (χ1v) is 11.9. The quantitative estimate of drug-likeness (QED) is 0.434. The van der Waals surface area contributed by atoms with Crippen LogP contribution in [-0.2, 0) is 0 Å². The molecule has 1 heterocycles. The summed E-state index contributed by atoms with van der Waals surface area (Å²) in [5.74, 6) is 1.41. The van der Waals surface area contributed by atoms with Crippen molar-refractivity contribution in [1.29, 1.82) is 0 Å². The van der Waals surface area contributed by atoms with Crippen LogP contribution in [0.5, 0.6) is 0 Å². The van der Waals surface area contributed by atoms with Gasteiger partial charge in [0.15, 0.2) is 0 Å². The Bertz CT molecular complexity index is 1040. The number of para-hydroxylation sites is 2. The summed E-state index contributed by atoms with van der Waals surface area (Å²) >= 11 is 0. The molecule has 1 aliphatic rings. The van der Waals surface area contributed by atoms with Gasteiger partial charge in [0.1, 0.15) is 0 Å². The predicted molar refractivity (Wildman–Crippen MR) is 135 cm³/mol. The molecule has 0 saturated carbocycles. The lowest BCUT2D eigenvalue weighted by Crippen LogP contribution is -2.41. The molecule has 0 radical (unpaired) electrons. The van der Waals surface area contributed by atoms with Crippen LogP contribution in [-0.4, -0.2) is 26.2 Å². The molecule has 0 spiro atoms. The minimum absolute atomic E-state index is 0.210. The number of hydrogen-bond donors (Lipinski definition) is 0. The largest absolute Gasteiger partial charge is 0.356 e. The first-order chi connectivity index (χ1) is 14.4. The SMILES string of the molecule is CC1=[N+](c2c(C)cccc2C(C)C)C(C)(C)[N+](c2c(C(C)C)cccc2C(C)C)=C1C. The Morgan fingerprint density at radius 2 is 0.935 bits per heavy atom. The van der Waals surface area contributed by atoms with Crippen LogP contribution in [0, 0.1) is 6.92 Å². The van der Waals surface area contributed by atoms with Gasteiger partial charge in [0.25, 0.3) is 11.4 Å². The standard InChI is InChI=1S/C29H42N2/c1-18(2)24-15-12-14-21(7)27(24)30-22(8)23(9)31(29(30,10)11)28-25(19(3)4)16-13-17-26(28)20(5)6/h12-20H,1-11H3/q+2. The normalized spacial score (nSPS) is 16.5. The van der Waals surface area contributed by atoms with Gasteiger partial charge in [-0.1, -0.05) is 77.9 Å². The topological polar surface area (TPSA) is 6.02 Å². The van der Waals surface area contributed by atoms with Crippen molar-refractivity contribution < 1.29 is 9.15 Å². The molecular weight excluding hydrogens is 376 g/mol. The van der Waals surface area contributed by atoms with E-state index >= 15 is 0 Å². The molecule has 2 aromatic carbocycles. The highest BCUT2D eigenvalue weighted by Crippen LogP contribution is 2.43. The summed E-state index contributed by atoms with van der Waals surface area (Å²) in [6.45, 7) is 25.5. The van der Waals surface area contributed by atoms with E-state index in [4.69, 9.17) is 0 Å². The third-order valence-electron chi connectivity index (χ3n) is 6.97. The molecule has 0 bridgehead atoms. The Kier molecular flexibility index (Phi) is 6.33. The van der Waals surface area contributed by atoms with Crippen LogP contribution in [0.15, 0.2) is 36.4 Å². The highest BCUT2D eigenvalue weighted by atomic mass is 15.3. The third kappa shape index (κ3) is 3.79. The Morgan fingerprint density at radius 1 is 0.581 bits per heavy atom. The molecule has 31 heavy (non-hydrogen) atoms. The average molecular weight is 419 g/mol. The van der Waals surface area contributed by atoms with E-state index in [1.165, 1.54) is 45.1 Å². The molecule has 0 aliphatic carbocycles. The van der Waals surface area contributed by atoms with Crippen molar-refractivity contribution in [3.05, 3.63) is 58.7 Å². The van der Waals surface area contributed by atoms with Gasteiger partial charge in [-0.3, -0.25) is 0 Å². The van der Waals surface area contributed by atoms with E-state index in [-0.39, 0.29) is 5.66 Å². The van der Waals surface area contributed by atoms with Gasteiger partial charge in [-0.2, -0.15) is 0 Å². The zero-order valence-corrected chi connectivity index (χ0v) is 21.6. The van der Waals surface area contributed by atoms with Crippen LogP contribution < -0.4 is 0 Å². The van der Waals surface area contributed by atoms with E-state index < -0.39 is 0 Å². The Hall–Kier alpha value is -2.22. The first-order valence-electron chi connectivity index (χ1n) is 11.9. The third-order valence-corrected chi connectivity index (χ3v) is 6.97. The molecule has 0 saturated heterocycles. The summed E-state index contributed by atoms with van der Waals surface area (Å²) in [5.41, 5.74) is 10.9. The summed E-state index contributed by atoms with van der Waals surface area (Å²) in [4.78, 5) is 0. The number of benzene rings is 2. The fourth-order valence-corrected chi connectivity index (χ4v) is 5.35. The molecule has 0 N–H and O–H groups in total. The summed E-state index contributed by atoms with van der Waals surface area (Å²) in [6.07, 6.45) is 0. The summed E-state index contributed by atoms with van der Waals surface area (Å²) in [7, 11) is 0. The molecule has 0 amide bonds. The molecule has 0 unspecified atom stereocenters. The number of aryl methyl sites for hydroxylation is 1. The van der Waals surface area contributed by atoms with Gasteiger partial charge >= 0.3 is 5.66 Å². The summed E-state index contributed by atoms with van der Waals surface area (Å²) in [5, 5.41) is 0. The van der Waals surface area contributed by atoms with Crippen molar-refractivity contribution in [1.82, 2.24) is 0 Å². The Balaban J connectivity index is 2.35. The van der Waals surface area contributed by atoms with Gasteiger partial charge in [-0.25, -0.2) is 0 Å². The second kappa shape index (κ2) is 8.37. The van der Waals surface area contributed by atoms with Crippen LogP contribution in [0.25, 0.3) is 0 Å². The number of nitrogens with zero attached hydrogens (tertiary/aromatic N) is 2. The lowest BCUT2D eigenvalue weighted by Gasteiger charge is -2.23. The molecule has 0 fully saturated rings. The fraction of sp³-hybridized carbons (Fsp3) is 0.517. The van der Waals surface area contributed by atoms with Gasteiger partial charge in [-0.05, 0) is 24.7 Å². The molecule has 2 heteroatoms. The number of hydrogen-bond acceptors (Lipinski definition) is 0. The van der Waals surface area contributed by atoms with Crippen molar-refractivity contribution in [3.8, 4) is 0 Å². The first kappa shape index (κ1) is 23.4. The second-order valence-electron chi connectivity index (χ2n) is 10.6. The van der Waals surface area contributed by atoms with Crippen LogP contribution in [0.2, 0.25) is 0 Å². The van der Waals surface area contributed by atoms with E-state index in [0.717, 1.165) is 0 Å². The Morgan fingerprint density at radius 3 is 1.35 bits per heavy atom. The van der Waals surface area contributed by atoms with E-state index in [2.05, 4.69) is 122 Å². The van der Waals surface area contributed by atoms with Crippen molar-refractivity contribution in [2.45, 2.75) is 99.6 Å². The molecule has 2 nitrogen and oxygen atoms in total.